The van der Waals surface area contributed by atoms with E-state index in [9.17, 15) is 13.2 Å². The molecule has 24 heavy (non-hydrogen) atoms. The van der Waals surface area contributed by atoms with E-state index in [0.29, 0.717) is 11.1 Å². The first-order valence-electron chi connectivity index (χ1n) is 6.65. The van der Waals surface area contributed by atoms with Gasteiger partial charge in [-0.25, -0.2) is 13.2 Å². The van der Waals surface area contributed by atoms with Crippen LogP contribution in [0.1, 0.15) is 0 Å². The molecular weight excluding hydrogens is 375 g/mol. The lowest BCUT2D eigenvalue weighted by Gasteiger charge is -2.07. The Hall–Kier alpha value is -2.02. The van der Waals surface area contributed by atoms with E-state index in [1.165, 1.54) is 37.4 Å². The van der Waals surface area contributed by atoms with E-state index in [1.807, 2.05) is 0 Å². The van der Waals surface area contributed by atoms with Crippen molar-refractivity contribution in [2.75, 3.05) is 7.11 Å². The van der Waals surface area contributed by atoms with Crippen LogP contribution in [0, 0.1) is 0 Å². The Morgan fingerprint density at radius 2 is 1.75 bits per heavy atom. The summed E-state index contributed by atoms with van der Waals surface area (Å²) < 4.78 is 35.6. The normalized spacial score (nSPS) is 11.6. The minimum Gasteiger partial charge on any atom is -0.497 e. The fraction of sp³-hybridized carbons (Fsp3) is 0.0625. The second-order valence-electron chi connectivity index (χ2n) is 4.88. The van der Waals surface area contributed by atoms with Gasteiger partial charge < -0.3 is 9.15 Å². The molecule has 0 atom stereocenters. The van der Waals surface area contributed by atoms with Crippen molar-refractivity contribution >= 4 is 44.0 Å². The maximum Gasteiger partial charge on any atom is 0.355 e. The largest absolute Gasteiger partial charge is 0.497 e. The predicted octanol–water partition coefficient (Wildman–Crippen LogP) is 3.94. The number of ether oxygens (including phenoxy) is 1. The van der Waals surface area contributed by atoms with Gasteiger partial charge in [0.2, 0.25) is 9.84 Å². The lowest BCUT2D eigenvalue weighted by atomic mass is 10.2. The van der Waals surface area contributed by atoms with Gasteiger partial charge in [0, 0.05) is 5.39 Å². The number of hydrogen-bond donors (Lipinski definition) is 0. The van der Waals surface area contributed by atoms with E-state index in [0.717, 1.165) is 0 Å². The summed E-state index contributed by atoms with van der Waals surface area (Å²) >= 11 is 11.7. The zero-order valence-corrected chi connectivity index (χ0v) is 14.6. The zero-order valence-electron chi connectivity index (χ0n) is 12.2. The minimum absolute atomic E-state index is 0.0737. The van der Waals surface area contributed by atoms with Crippen LogP contribution in [-0.2, 0) is 9.84 Å². The second kappa shape index (κ2) is 6.12. The highest BCUT2D eigenvalue weighted by molar-refractivity contribution is 7.91. The number of methoxy groups -OCH3 is 1. The Morgan fingerprint density at radius 1 is 1.00 bits per heavy atom. The average Bonchev–Trinajstić information content (AvgIpc) is 2.56. The maximum atomic E-state index is 12.7. The van der Waals surface area contributed by atoms with Gasteiger partial charge in [0.25, 0.3) is 0 Å². The second-order valence-corrected chi connectivity index (χ2v) is 7.61. The molecule has 0 radical (unpaired) electrons. The third-order valence-corrected chi connectivity index (χ3v) is 5.88. The van der Waals surface area contributed by atoms with Gasteiger partial charge in [-0.1, -0.05) is 23.2 Å². The van der Waals surface area contributed by atoms with Crippen LogP contribution >= 0.6 is 23.2 Å². The van der Waals surface area contributed by atoms with E-state index in [-0.39, 0.29) is 20.5 Å². The molecule has 124 valence electrons. The Balaban J connectivity index is 2.25. The van der Waals surface area contributed by atoms with Crippen molar-refractivity contribution in [1.29, 1.82) is 0 Å². The van der Waals surface area contributed by atoms with E-state index in [2.05, 4.69) is 0 Å². The SMILES string of the molecule is COc1ccc2oc(=O)c(S(=O)(=O)c3ccc(Cl)c(Cl)c3)cc2c1. The topological polar surface area (TPSA) is 73.6 Å². The fourth-order valence-corrected chi connectivity index (χ4v) is 3.85. The summed E-state index contributed by atoms with van der Waals surface area (Å²) in [4.78, 5) is 11.5. The molecule has 3 rings (SSSR count). The van der Waals surface area contributed by atoms with Crippen molar-refractivity contribution in [3.05, 3.63) is 62.9 Å². The molecule has 0 aliphatic rings. The van der Waals surface area contributed by atoms with Crippen LogP contribution in [0.4, 0.5) is 0 Å². The number of halogens is 2. The van der Waals surface area contributed by atoms with E-state index < -0.39 is 20.4 Å². The van der Waals surface area contributed by atoms with Crippen LogP contribution in [0.3, 0.4) is 0 Å². The van der Waals surface area contributed by atoms with Gasteiger partial charge in [-0.3, -0.25) is 0 Å². The Bertz CT molecular complexity index is 1100. The Kier molecular flexibility index (Phi) is 4.29. The van der Waals surface area contributed by atoms with Gasteiger partial charge in [-0.05, 0) is 42.5 Å². The quantitative estimate of drug-likeness (QED) is 0.639. The molecule has 0 aliphatic heterocycles. The molecule has 5 nitrogen and oxygen atoms in total. The molecule has 8 heteroatoms. The van der Waals surface area contributed by atoms with Crippen LogP contribution in [-0.4, -0.2) is 15.5 Å². The summed E-state index contributed by atoms with van der Waals surface area (Å²) in [6, 6.07) is 9.78. The average molecular weight is 385 g/mol. The lowest BCUT2D eigenvalue weighted by molar-refractivity contribution is 0.415. The first-order chi connectivity index (χ1) is 11.3. The number of rotatable bonds is 3. The fourth-order valence-electron chi connectivity index (χ4n) is 2.17. The molecular formula is C16H10Cl2O5S. The van der Waals surface area contributed by atoms with Crippen molar-refractivity contribution in [2.45, 2.75) is 9.79 Å². The highest BCUT2D eigenvalue weighted by atomic mass is 35.5. The standard InChI is InChI=1S/C16H10Cl2O5S/c1-22-10-2-5-14-9(6-10)7-15(16(19)23-14)24(20,21)11-3-4-12(17)13(18)8-11/h2-8H,1H3. The summed E-state index contributed by atoms with van der Waals surface area (Å²) in [5.41, 5.74) is -0.701. The number of hydrogen-bond acceptors (Lipinski definition) is 5. The molecule has 1 heterocycles. The van der Waals surface area contributed by atoms with Crippen molar-refractivity contribution in [1.82, 2.24) is 0 Å². The summed E-state index contributed by atoms with van der Waals surface area (Å²) in [5.74, 6) is 0.509. The van der Waals surface area contributed by atoms with Gasteiger partial charge in [0.1, 0.15) is 11.3 Å². The van der Waals surface area contributed by atoms with Gasteiger partial charge in [-0.2, -0.15) is 0 Å². The summed E-state index contributed by atoms with van der Waals surface area (Å²) in [7, 11) is -2.63. The highest BCUT2D eigenvalue weighted by Crippen LogP contribution is 2.29. The number of sulfone groups is 1. The number of fused-ring (bicyclic) bond motifs is 1. The first-order valence-corrected chi connectivity index (χ1v) is 8.89. The molecule has 0 amide bonds. The van der Waals surface area contributed by atoms with Crippen LogP contribution in [0.25, 0.3) is 11.0 Å². The molecule has 0 bridgehead atoms. The first kappa shape index (κ1) is 16.8. The number of benzene rings is 2. The van der Waals surface area contributed by atoms with Gasteiger partial charge in [0.05, 0.1) is 22.1 Å². The zero-order chi connectivity index (χ0) is 17.5. The predicted molar refractivity (Wildman–Crippen MR) is 90.9 cm³/mol. The van der Waals surface area contributed by atoms with E-state index in [4.69, 9.17) is 32.4 Å². The van der Waals surface area contributed by atoms with Gasteiger partial charge >= 0.3 is 5.63 Å². The van der Waals surface area contributed by atoms with Crippen LogP contribution in [0.5, 0.6) is 5.75 Å². The summed E-state index contributed by atoms with van der Waals surface area (Å²) in [5, 5.41) is 0.711. The molecule has 0 spiro atoms. The maximum absolute atomic E-state index is 12.7. The molecule has 0 aliphatic carbocycles. The minimum atomic E-state index is -4.11. The molecule has 3 aromatic rings. The lowest BCUT2D eigenvalue weighted by Crippen LogP contribution is -2.14. The van der Waals surface area contributed by atoms with Crippen molar-refractivity contribution in [2.24, 2.45) is 0 Å². The molecule has 1 aromatic heterocycles. The Morgan fingerprint density at radius 3 is 2.42 bits per heavy atom. The summed E-state index contributed by atoms with van der Waals surface area (Å²) in [6.07, 6.45) is 0. The Labute approximate surface area is 147 Å². The molecule has 0 saturated heterocycles. The monoisotopic (exact) mass is 384 g/mol. The van der Waals surface area contributed by atoms with E-state index in [1.54, 1.807) is 12.1 Å². The third kappa shape index (κ3) is 2.88. The molecule has 0 fully saturated rings. The highest BCUT2D eigenvalue weighted by Gasteiger charge is 2.24. The van der Waals surface area contributed by atoms with Crippen LogP contribution in [0.15, 0.2) is 61.5 Å². The summed E-state index contributed by atoms with van der Waals surface area (Å²) in [6.45, 7) is 0. The van der Waals surface area contributed by atoms with Gasteiger partial charge in [-0.15, -0.1) is 0 Å². The molecule has 2 aromatic carbocycles. The van der Waals surface area contributed by atoms with Crippen molar-refractivity contribution in [3.63, 3.8) is 0 Å². The van der Waals surface area contributed by atoms with Crippen molar-refractivity contribution < 1.29 is 17.6 Å². The smallest absolute Gasteiger partial charge is 0.355 e. The van der Waals surface area contributed by atoms with Crippen LogP contribution < -0.4 is 10.4 Å². The molecule has 0 unspecified atom stereocenters. The van der Waals surface area contributed by atoms with Gasteiger partial charge in [0.15, 0.2) is 4.90 Å². The molecule has 0 N–H and O–H groups in total. The van der Waals surface area contributed by atoms with Crippen molar-refractivity contribution in [3.8, 4) is 5.75 Å². The molecule has 0 saturated carbocycles. The van der Waals surface area contributed by atoms with E-state index >= 15 is 0 Å². The third-order valence-electron chi connectivity index (χ3n) is 3.40. The van der Waals surface area contributed by atoms with Crippen LogP contribution in [0.2, 0.25) is 10.0 Å².